The van der Waals surface area contributed by atoms with Crippen LogP contribution in [0.3, 0.4) is 0 Å². The van der Waals surface area contributed by atoms with Gasteiger partial charge < -0.3 is 9.80 Å². The number of benzene rings is 1. The Morgan fingerprint density at radius 2 is 1.38 bits per heavy atom. The number of carbonyl (C=O) groups excluding carboxylic acids is 1. The van der Waals surface area contributed by atoms with Crippen molar-refractivity contribution in [2.24, 2.45) is 5.41 Å². The molecule has 0 radical (unpaired) electrons. The molecule has 24 heavy (non-hydrogen) atoms. The monoisotopic (exact) mass is 330 g/mol. The standard InChI is InChI=1S/C21H34N2O/c1-15-13-22(14-16(2)23(15)19(24)21(6,7)8)18-11-9-17(10-12-18)20(3,4)5/h9-12,15-16H,13-14H2,1-8H3/t15-,16+. The highest BCUT2D eigenvalue weighted by Gasteiger charge is 2.37. The van der Waals surface area contributed by atoms with Crippen LogP contribution in [0.4, 0.5) is 5.69 Å². The number of carbonyl (C=O) groups is 1. The van der Waals surface area contributed by atoms with E-state index in [2.05, 4.69) is 68.7 Å². The van der Waals surface area contributed by atoms with Crippen molar-refractivity contribution in [2.45, 2.75) is 72.9 Å². The summed E-state index contributed by atoms with van der Waals surface area (Å²) in [5.41, 5.74) is 2.47. The van der Waals surface area contributed by atoms with Crippen molar-refractivity contribution >= 4 is 11.6 Å². The molecule has 1 aromatic carbocycles. The summed E-state index contributed by atoms with van der Waals surface area (Å²) in [6, 6.07) is 9.36. The Morgan fingerprint density at radius 3 is 1.75 bits per heavy atom. The summed E-state index contributed by atoms with van der Waals surface area (Å²) >= 11 is 0. The van der Waals surface area contributed by atoms with E-state index in [1.54, 1.807) is 0 Å². The molecule has 1 amide bonds. The van der Waals surface area contributed by atoms with E-state index in [1.165, 1.54) is 11.3 Å². The first-order valence-electron chi connectivity index (χ1n) is 9.09. The number of rotatable bonds is 1. The molecule has 1 aliphatic heterocycles. The Labute approximate surface area is 148 Å². The average Bonchev–Trinajstić information content (AvgIpc) is 2.44. The molecule has 0 saturated carbocycles. The number of nitrogens with zero attached hydrogens (tertiary/aromatic N) is 2. The van der Waals surface area contributed by atoms with Gasteiger partial charge in [-0.15, -0.1) is 0 Å². The Bertz CT molecular complexity index is 565. The fourth-order valence-corrected chi connectivity index (χ4v) is 3.49. The summed E-state index contributed by atoms with van der Waals surface area (Å²) in [6.07, 6.45) is 0. The van der Waals surface area contributed by atoms with Gasteiger partial charge in [0.05, 0.1) is 0 Å². The Morgan fingerprint density at radius 1 is 0.917 bits per heavy atom. The number of amides is 1. The van der Waals surface area contributed by atoms with Crippen molar-refractivity contribution in [1.82, 2.24) is 4.90 Å². The van der Waals surface area contributed by atoms with Gasteiger partial charge in [0.1, 0.15) is 0 Å². The lowest BCUT2D eigenvalue weighted by atomic mass is 9.87. The molecule has 134 valence electrons. The lowest BCUT2D eigenvalue weighted by molar-refractivity contribution is -0.144. The minimum Gasteiger partial charge on any atom is -0.367 e. The molecular weight excluding hydrogens is 296 g/mol. The highest BCUT2D eigenvalue weighted by atomic mass is 16.2. The maximum Gasteiger partial charge on any atom is 0.228 e. The third-order valence-corrected chi connectivity index (χ3v) is 4.89. The smallest absolute Gasteiger partial charge is 0.228 e. The Hall–Kier alpha value is -1.51. The van der Waals surface area contributed by atoms with Gasteiger partial charge in [-0.05, 0) is 37.0 Å². The van der Waals surface area contributed by atoms with Crippen molar-refractivity contribution < 1.29 is 4.79 Å². The van der Waals surface area contributed by atoms with Gasteiger partial charge in [0, 0.05) is 36.3 Å². The second-order valence-electron chi connectivity index (χ2n) is 9.36. The van der Waals surface area contributed by atoms with E-state index in [0.29, 0.717) is 0 Å². The Kier molecular flexibility index (Phi) is 5.03. The third-order valence-electron chi connectivity index (χ3n) is 4.89. The SMILES string of the molecule is C[C@@H]1CN(c2ccc(C(C)(C)C)cc2)C[C@H](C)N1C(=O)C(C)(C)C. The van der Waals surface area contributed by atoms with Crippen LogP contribution in [0, 0.1) is 5.41 Å². The average molecular weight is 331 g/mol. The molecule has 0 aromatic heterocycles. The van der Waals surface area contributed by atoms with Gasteiger partial charge in [0.25, 0.3) is 0 Å². The Balaban J connectivity index is 2.15. The summed E-state index contributed by atoms with van der Waals surface area (Å²) in [5.74, 6) is 0.255. The quantitative estimate of drug-likeness (QED) is 0.759. The maximum absolute atomic E-state index is 12.7. The molecule has 3 nitrogen and oxygen atoms in total. The van der Waals surface area contributed by atoms with Crippen molar-refractivity contribution in [3.63, 3.8) is 0 Å². The first kappa shape index (κ1) is 18.8. The lowest BCUT2D eigenvalue weighted by Crippen LogP contribution is -2.60. The molecule has 2 atom stereocenters. The molecule has 0 bridgehead atoms. The van der Waals surface area contributed by atoms with Crippen LogP contribution in [-0.2, 0) is 10.2 Å². The summed E-state index contributed by atoms with van der Waals surface area (Å²) < 4.78 is 0. The van der Waals surface area contributed by atoms with Gasteiger partial charge in [-0.2, -0.15) is 0 Å². The highest BCUT2D eigenvalue weighted by Crippen LogP contribution is 2.29. The molecule has 1 saturated heterocycles. The molecule has 0 spiro atoms. The summed E-state index contributed by atoms with van der Waals surface area (Å²) in [4.78, 5) is 17.2. The van der Waals surface area contributed by atoms with Gasteiger partial charge in [0.15, 0.2) is 0 Å². The van der Waals surface area contributed by atoms with Crippen LogP contribution in [0.2, 0.25) is 0 Å². The van der Waals surface area contributed by atoms with Crippen LogP contribution in [0.1, 0.15) is 61.0 Å². The van der Waals surface area contributed by atoms with E-state index in [1.807, 2.05) is 20.8 Å². The van der Waals surface area contributed by atoms with E-state index in [0.717, 1.165) is 13.1 Å². The van der Waals surface area contributed by atoms with Gasteiger partial charge in [-0.25, -0.2) is 0 Å². The van der Waals surface area contributed by atoms with Crippen LogP contribution in [0.15, 0.2) is 24.3 Å². The van der Waals surface area contributed by atoms with Crippen molar-refractivity contribution in [2.75, 3.05) is 18.0 Å². The zero-order valence-electron chi connectivity index (χ0n) is 16.7. The maximum atomic E-state index is 12.7. The molecular formula is C21H34N2O. The first-order chi connectivity index (χ1) is 10.9. The molecule has 2 rings (SSSR count). The van der Waals surface area contributed by atoms with Crippen LogP contribution < -0.4 is 4.90 Å². The molecule has 0 N–H and O–H groups in total. The molecule has 1 aliphatic rings. The number of piperazine rings is 1. The summed E-state index contributed by atoms with van der Waals surface area (Å²) in [5, 5.41) is 0. The minimum atomic E-state index is -0.320. The second-order valence-corrected chi connectivity index (χ2v) is 9.36. The molecule has 0 aliphatic carbocycles. The zero-order valence-corrected chi connectivity index (χ0v) is 16.7. The van der Waals surface area contributed by atoms with E-state index in [4.69, 9.17) is 0 Å². The fraction of sp³-hybridized carbons (Fsp3) is 0.667. The number of hydrogen-bond donors (Lipinski definition) is 0. The van der Waals surface area contributed by atoms with E-state index < -0.39 is 0 Å². The summed E-state index contributed by atoms with van der Waals surface area (Å²) in [7, 11) is 0. The normalized spacial score (nSPS) is 22.7. The zero-order chi connectivity index (χ0) is 18.3. The third kappa shape index (κ3) is 3.93. The van der Waals surface area contributed by atoms with Gasteiger partial charge in [-0.1, -0.05) is 53.7 Å². The first-order valence-corrected chi connectivity index (χ1v) is 9.09. The van der Waals surface area contributed by atoms with Crippen LogP contribution in [0.25, 0.3) is 0 Å². The van der Waals surface area contributed by atoms with E-state index in [9.17, 15) is 4.79 Å². The van der Waals surface area contributed by atoms with Crippen LogP contribution in [0.5, 0.6) is 0 Å². The molecule has 1 fully saturated rings. The summed E-state index contributed by atoms with van der Waals surface area (Å²) in [6.45, 7) is 18.8. The largest absolute Gasteiger partial charge is 0.367 e. The van der Waals surface area contributed by atoms with Gasteiger partial charge in [-0.3, -0.25) is 4.79 Å². The fourth-order valence-electron chi connectivity index (χ4n) is 3.49. The number of anilines is 1. The van der Waals surface area contributed by atoms with Crippen molar-refractivity contribution in [3.8, 4) is 0 Å². The lowest BCUT2D eigenvalue weighted by Gasteiger charge is -2.47. The number of hydrogen-bond acceptors (Lipinski definition) is 2. The molecule has 3 heteroatoms. The van der Waals surface area contributed by atoms with Crippen molar-refractivity contribution in [1.29, 1.82) is 0 Å². The van der Waals surface area contributed by atoms with E-state index in [-0.39, 0.29) is 28.8 Å². The second kappa shape index (κ2) is 6.42. The van der Waals surface area contributed by atoms with Crippen molar-refractivity contribution in [3.05, 3.63) is 29.8 Å². The predicted molar refractivity (Wildman–Crippen MR) is 103 cm³/mol. The molecule has 0 unspecified atom stereocenters. The molecule has 1 aromatic rings. The minimum absolute atomic E-state index is 0.178. The van der Waals surface area contributed by atoms with Crippen LogP contribution >= 0.6 is 0 Å². The van der Waals surface area contributed by atoms with Gasteiger partial charge >= 0.3 is 0 Å². The highest BCUT2D eigenvalue weighted by molar-refractivity contribution is 5.82. The van der Waals surface area contributed by atoms with Crippen LogP contribution in [-0.4, -0.2) is 36.0 Å². The molecule has 1 heterocycles. The van der Waals surface area contributed by atoms with Gasteiger partial charge in [0.2, 0.25) is 5.91 Å². The predicted octanol–water partition coefficient (Wildman–Crippen LogP) is 4.46. The topological polar surface area (TPSA) is 23.6 Å². The van der Waals surface area contributed by atoms with E-state index >= 15 is 0 Å².